The summed E-state index contributed by atoms with van der Waals surface area (Å²) < 4.78 is 6.26. The number of amides is 1. The van der Waals surface area contributed by atoms with Crippen LogP contribution in [-0.4, -0.2) is 33.3 Å². The van der Waals surface area contributed by atoms with Gasteiger partial charge in [-0.15, -0.1) is 0 Å². The molecule has 1 amide bonds. The van der Waals surface area contributed by atoms with Gasteiger partial charge in [-0.1, -0.05) is 24.3 Å². The molecule has 0 radical (unpaired) electrons. The van der Waals surface area contributed by atoms with Gasteiger partial charge in [-0.2, -0.15) is 0 Å². The fourth-order valence-corrected chi connectivity index (χ4v) is 2.71. The third-order valence-corrected chi connectivity index (χ3v) is 4.25. The molecule has 0 saturated carbocycles. The first-order chi connectivity index (χ1) is 13.8. The lowest BCUT2D eigenvalue weighted by Gasteiger charge is -2.14. The molecule has 0 unspecified atom stereocenters. The van der Waals surface area contributed by atoms with Crippen molar-refractivity contribution in [3.63, 3.8) is 0 Å². The van der Waals surface area contributed by atoms with Crippen LogP contribution >= 0.6 is 0 Å². The van der Waals surface area contributed by atoms with Gasteiger partial charge in [0.1, 0.15) is 6.54 Å². The Hall–Kier alpha value is -3.81. The van der Waals surface area contributed by atoms with Crippen molar-refractivity contribution in [1.82, 2.24) is 9.55 Å². The highest BCUT2D eigenvalue weighted by molar-refractivity contribution is 5.98. The molecule has 0 spiro atoms. The Morgan fingerprint density at radius 3 is 2.66 bits per heavy atom. The van der Waals surface area contributed by atoms with Crippen LogP contribution in [0.25, 0.3) is 10.9 Å². The highest BCUT2D eigenvalue weighted by Crippen LogP contribution is 2.12. The number of fused-ring (bicyclic) bond motifs is 1. The van der Waals surface area contributed by atoms with Crippen molar-refractivity contribution in [3.8, 4) is 0 Å². The number of ether oxygens (including phenoxy) is 1. The normalized spacial score (nSPS) is 11.7. The predicted octanol–water partition coefficient (Wildman–Crippen LogP) is 2.17. The maximum Gasteiger partial charge on any atom is 0.326 e. The van der Waals surface area contributed by atoms with Crippen LogP contribution in [0.15, 0.2) is 59.7 Å². The van der Waals surface area contributed by atoms with E-state index >= 15 is 0 Å². The summed E-state index contributed by atoms with van der Waals surface area (Å²) in [6, 6.07) is 13.2. The van der Waals surface area contributed by atoms with Gasteiger partial charge in [-0.25, -0.2) is 4.98 Å². The highest BCUT2D eigenvalue weighted by Gasteiger charge is 2.19. The van der Waals surface area contributed by atoms with Gasteiger partial charge < -0.3 is 10.1 Å². The Kier molecular flexibility index (Phi) is 5.82. The molecule has 1 N–H and O–H groups in total. The third kappa shape index (κ3) is 4.73. The van der Waals surface area contributed by atoms with Crippen molar-refractivity contribution in [2.45, 2.75) is 26.5 Å². The summed E-state index contributed by atoms with van der Waals surface area (Å²) in [6.45, 7) is 2.48. The zero-order valence-corrected chi connectivity index (χ0v) is 15.9. The van der Waals surface area contributed by atoms with Crippen LogP contribution in [0, 0.1) is 0 Å². The summed E-state index contributed by atoms with van der Waals surface area (Å²) in [5, 5.41) is 2.98. The number of hydrogen-bond acceptors (Lipinski definition) is 6. The third-order valence-electron chi connectivity index (χ3n) is 4.25. The predicted molar refractivity (Wildman–Crippen MR) is 107 cm³/mol. The second kappa shape index (κ2) is 8.47. The van der Waals surface area contributed by atoms with Gasteiger partial charge in [-0.3, -0.25) is 23.7 Å². The van der Waals surface area contributed by atoms with E-state index in [1.165, 1.54) is 26.2 Å². The summed E-state index contributed by atoms with van der Waals surface area (Å²) >= 11 is 0. The molecule has 3 rings (SSSR count). The zero-order valence-electron chi connectivity index (χ0n) is 15.9. The van der Waals surface area contributed by atoms with Crippen LogP contribution in [0.1, 0.15) is 24.2 Å². The van der Waals surface area contributed by atoms with Crippen LogP contribution < -0.4 is 10.9 Å². The molecule has 0 saturated heterocycles. The number of carbonyl (C=O) groups is 3. The Balaban J connectivity index is 1.64. The van der Waals surface area contributed by atoms with E-state index in [4.69, 9.17) is 4.74 Å². The maximum atomic E-state index is 12.4. The summed E-state index contributed by atoms with van der Waals surface area (Å²) in [5.74, 6) is -1.43. The molecular weight excluding hydrogens is 374 g/mol. The SMILES string of the molecule is CC(=O)c1cccc(NC(=O)[C@H](C)OC(=O)Cn2cnc3ccccc3c2=O)c1. The second-order valence-corrected chi connectivity index (χ2v) is 6.45. The van der Waals surface area contributed by atoms with Gasteiger partial charge in [-0.05, 0) is 38.1 Å². The average molecular weight is 393 g/mol. The largest absolute Gasteiger partial charge is 0.451 e. The number of carbonyl (C=O) groups excluding carboxylic acids is 3. The van der Waals surface area contributed by atoms with Crippen LogP contribution in [0.3, 0.4) is 0 Å². The molecule has 0 aliphatic rings. The first-order valence-electron chi connectivity index (χ1n) is 8.90. The van der Waals surface area contributed by atoms with E-state index in [9.17, 15) is 19.2 Å². The Bertz CT molecular complexity index is 1150. The first-order valence-corrected chi connectivity index (χ1v) is 8.90. The van der Waals surface area contributed by atoms with Crippen LogP contribution in [0.5, 0.6) is 0 Å². The van der Waals surface area contributed by atoms with Crippen molar-refractivity contribution in [2.75, 3.05) is 5.32 Å². The number of nitrogens with one attached hydrogen (secondary N) is 1. The zero-order chi connectivity index (χ0) is 21.0. The molecule has 148 valence electrons. The van der Waals surface area contributed by atoms with Gasteiger partial charge in [0.25, 0.3) is 11.5 Å². The Morgan fingerprint density at radius 1 is 1.14 bits per heavy atom. The standard InChI is InChI=1S/C21H19N3O5/c1-13(25)15-6-5-7-16(10-15)23-20(27)14(2)29-19(26)11-24-12-22-18-9-4-3-8-17(18)21(24)28/h3-10,12,14H,11H2,1-2H3,(H,23,27)/t14-/m0/s1. The maximum absolute atomic E-state index is 12.4. The van der Waals surface area contributed by atoms with Crippen LogP contribution in [0.4, 0.5) is 5.69 Å². The van der Waals surface area contributed by atoms with Crippen molar-refractivity contribution in [1.29, 1.82) is 0 Å². The number of ketones is 1. The minimum absolute atomic E-state index is 0.130. The number of Topliss-reactive ketones (excluding diaryl/α,β-unsaturated/α-hetero) is 1. The van der Waals surface area contributed by atoms with Gasteiger partial charge >= 0.3 is 5.97 Å². The number of rotatable bonds is 6. The Labute approximate surface area is 166 Å². The number of benzene rings is 2. The molecule has 1 atom stereocenters. The van der Waals surface area contributed by atoms with E-state index in [1.54, 1.807) is 42.5 Å². The van der Waals surface area contributed by atoms with E-state index in [1.807, 2.05) is 0 Å². The first kappa shape index (κ1) is 19.9. The number of hydrogen-bond donors (Lipinski definition) is 1. The smallest absolute Gasteiger partial charge is 0.326 e. The summed E-state index contributed by atoms with van der Waals surface area (Å²) in [6.07, 6.45) is 0.178. The fourth-order valence-electron chi connectivity index (χ4n) is 2.71. The number of nitrogens with zero attached hydrogens (tertiary/aromatic N) is 2. The van der Waals surface area contributed by atoms with Gasteiger partial charge in [0.15, 0.2) is 11.9 Å². The molecule has 0 aliphatic heterocycles. The quantitative estimate of drug-likeness (QED) is 0.508. The molecular formula is C21H19N3O5. The summed E-state index contributed by atoms with van der Waals surface area (Å²) in [4.78, 5) is 52.4. The van der Waals surface area contributed by atoms with E-state index in [0.29, 0.717) is 22.2 Å². The number of aromatic nitrogens is 2. The Morgan fingerprint density at radius 2 is 1.90 bits per heavy atom. The summed E-state index contributed by atoms with van der Waals surface area (Å²) in [7, 11) is 0. The molecule has 1 heterocycles. The van der Waals surface area contributed by atoms with Crippen LogP contribution in [0.2, 0.25) is 0 Å². The van der Waals surface area contributed by atoms with E-state index in [2.05, 4.69) is 10.3 Å². The number of para-hydroxylation sites is 1. The lowest BCUT2D eigenvalue weighted by Crippen LogP contribution is -2.33. The molecule has 29 heavy (non-hydrogen) atoms. The van der Waals surface area contributed by atoms with Crippen molar-refractivity contribution in [2.24, 2.45) is 0 Å². The monoisotopic (exact) mass is 393 g/mol. The molecule has 8 heteroatoms. The molecule has 0 bridgehead atoms. The number of anilines is 1. The molecule has 0 aliphatic carbocycles. The minimum atomic E-state index is -1.09. The average Bonchev–Trinajstić information content (AvgIpc) is 2.70. The van der Waals surface area contributed by atoms with Gasteiger partial charge in [0.2, 0.25) is 0 Å². The molecule has 3 aromatic rings. The lowest BCUT2D eigenvalue weighted by atomic mass is 10.1. The molecule has 0 fully saturated rings. The highest BCUT2D eigenvalue weighted by atomic mass is 16.5. The fraction of sp³-hybridized carbons (Fsp3) is 0.190. The summed E-state index contributed by atoms with van der Waals surface area (Å²) in [5.41, 5.74) is 1.03. The van der Waals surface area contributed by atoms with Crippen molar-refractivity contribution < 1.29 is 19.1 Å². The van der Waals surface area contributed by atoms with Gasteiger partial charge in [0, 0.05) is 11.3 Å². The topological polar surface area (TPSA) is 107 Å². The van der Waals surface area contributed by atoms with Crippen molar-refractivity contribution >= 4 is 34.3 Å². The number of esters is 1. The van der Waals surface area contributed by atoms with E-state index in [-0.39, 0.29) is 17.9 Å². The van der Waals surface area contributed by atoms with Crippen LogP contribution in [-0.2, 0) is 20.9 Å². The second-order valence-electron chi connectivity index (χ2n) is 6.45. The van der Waals surface area contributed by atoms with Crippen molar-refractivity contribution in [3.05, 3.63) is 70.8 Å². The lowest BCUT2D eigenvalue weighted by molar-refractivity contribution is -0.153. The molecule has 1 aromatic heterocycles. The van der Waals surface area contributed by atoms with E-state index < -0.39 is 18.0 Å². The minimum Gasteiger partial charge on any atom is -0.451 e. The molecule has 8 nitrogen and oxygen atoms in total. The molecule has 2 aromatic carbocycles. The van der Waals surface area contributed by atoms with Gasteiger partial charge in [0.05, 0.1) is 17.2 Å². The van der Waals surface area contributed by atoms with E-state index in [0.717, 1.165) is 4.57 Å².